The summed E-state index contributed by atoms with van der Waals surface area (Å²) in [7, 11) is 1.73. The lowest BCUT2D eigenvalue weighted by Gasteiger charge is -2.06. The summed E-state index contributed by atoms with van der Waals surface area (Å²) in [5.74, 6) is -0.0458. The van der Waals surface area contributed by atoms with E-state index in [1.54, 1.807) is 24.3 Å². The monoisotopic (exact) mass is 373 g/mol. The molecule has 0 unspecified atom stereocenters. The number of amidine groups is 1. The number of benzene rings is 1. The molecule has 1 aliphatic heterocycles. The Labute approximate surface area is 141 Å². The molecule has 22 heavy (non-hydrogen) atoms. The number of thioether (sulfide) groups is 1. The van der Waals surface area contributed by atoms with E-state index in [1.165, 1.54) is 11.8 Å². The van der Waals surface area contributed by atoms with Crippen LogP contribution in [0.4, 0.5) is 5.69 Å². The van der Waals surface area contributed by atoms with Crippen LogP contribution >= 0.6 is 27.7 Å². The number of hydrogen-bond acceptors (Lipinski definition) is 4. The van der Waals surface area contributed by atoms with Crippen LogP contribution in [0.25, 0.3) is 6.08 Å². The second kappa shape index (κ2) is 6.46. The minimum absolute atomic E-state index is 0.0458. The third kappa shape index (κ3) is 3.28. The molecule has 0 saturated carbocycles. The summed E-state index contributed by atoms with van der Waals surface area (Å²) in [6, 6.07) is 11.5. The Hall–Kier alpha value is -1.92. The fourth-order valence-electron chi connectivity index (χ4n) is 1.89. The van der Waals surface area contributed by atoms with E-state index in [0.29, 0.717) is 10.1 Å². The Morgan fingerprint density at radius 2 is 2.05 bits per heavy atom. The second-order valence-electron chi connectivity index (χ2n) is 4.63. The average molecular weight is 374 g/mol. The van der Waals surface area contributed by atoms with Crippen molar-refractivity contribution in [2.24, 2.45) is 4.99 Å². The van der Waals surface area contributed by atoms with Gasteiger partial charge in [-0.1, -0.05) is 28.1 Å². The quantitative estimate of drug-likeness (QED) is 0.745. The molecule has 4 nitrogen and oxygen atoms in total. The number of carbonyl (C=O) groups is 1. The zero-order valence-electron chi connectivity index (χ0n) is 11.7. The van der Waals surface area contributed by atoms with Crippen LogP contribution in [0.3, 0.4) is 0 Å². The Kier molecular flexibility index (Phi) is 4.40. The first-order valence-electron chi connectivity index (χ1n) is 6.55. The number of rotatable bonds is 2. The van der Waals surface area contributed by atoms with Crippen molar-refractivity contribution in [3.05, 3.63) is 63.7 Å². The van der Waals surface area contributed by atoms with Crippen LogP contribution in [0.2, 0.25) is 0 Å². The van der Waals surface area contributed by atoms with Gasteiger partial charge in [0, 0.05) is 17.7 Å². The highest BCUT2D eigenvalue weighted by Gasteiger charge is 2.30. The molecule has 2 heterocycles. The summed E-state index contributed by atoms with van der Waals surface area (Å²) in [6.07, 6.45) is 5.24. The van der Waals surface area contributed by atoms with Crippen molar-refractivity contribution in [3.63, 3.8) is 0 Å². The van der Waals surface area contributed by atoms with Crippen LogP contribution in [-0.4, -0.2) is 28.0 Å². The molecular weight excluding hydrogens is 362 g/mol. The Bertz CT molecular complexity index is 757. The molecule has 0 radical (unpaired) electrons. The molecule has 1 saturated heterocycles. The maximum Gasteiger partial charge on any atom is 0.266 e. The lowest BCUT2D eigenvalue weighted by atomic mass is 10.2. The van der Waals surface area contributed by atoms with Crippen molar-refractivity contribution in [1.82, 2.24) is 9.88 Å². The number of aliphatic imine (C=N–C) groups is 1. The Balaban J connectivity index is 1.88. The molecule has 1 aromatic heterocycles. The summed E-state index contributed by atoms with van der Waals surface area (Å²) in [5, 5.41) is 0.654. The molecular formula is C16H12BrN3OS. The predicted octanol–water partition coefficient (Wildman–Crippen LogP) is 4.08. The number of halogens is 1. The fraction of sp³-hybridized carbons (Fsp3) is 0.0625. The van der Waals surface area contributed by atoms with E-state index in [9.17, 15) is 4.79 Å². The van der Waals surface area contributed by atoms with Gasteiger partial charge in [-0.15, -0.1) is 0 Å². The van der Waals surface area contributed by atoms with Gasteiger partial charge in [-0.25, -0.2) is 4.99 Å². The fourth-order valence-corrected chi connectivity index (χ4v) is 3.14. The van der Waals surface area contributed by atoms with E-state index in [0.717, 1.165) is 15.7 Å². The highest BCUT2D eigenvalue weighted by Crippen LogP contribution is 2.33. The van der Waals surface area contributed by atoms with Crippen LogP contribution in [-0.2, 0) is 4.79 Å². The van der Waals surface area contributed by atoms with Crippen LogP contribution in [0.1, 0.15) is 5.56 Å². The molecule has 0 N–H and O–H groups in total. The van der Waals surface area contributed by atoms with E-state index in [2.05, 4.69) is 25.9 Å². The third-order valence-electron chi connectivity index (χ3n) is 3.04. The van der Waals surface area contributed by atoms with Crippen molar-refractivity contribution >= 4 is 50.5 Å². The molecule has 3 rings (SSSR count). The van der Waals surface area contributed by atoms with Gasteiger partial charge in [0.05, 0.1) is 16.8 Å². The van der Waals surface area contributed by atoms with E-state index in [4.69, 9.17) is 0 Å². The van der Waals surface area contributed by atoms with Gasteiger partial charge in [-0.2, -0.15) is 0 Å². The summed E-state index contributed by atoms with van der Waals surface area (Å²) in [5.41, 5.74) is 1.71. The van der Waals surface area contributed by atoms with Gasteiger partial charge in [0.25, 0.3) is 5.91 Å². The Morgan fingerprint density at radius 3 is 2.73 bits per heavy atom. The first-order chi connectivity index (χ1) is 10.6. The second-order valence-corrected chi connectivity index (χ2v) is 6.56. The van der Waals surface area contributed by atoms with Crippen molar-refractivity contribution in [2.75, 3.05) is 7.05 Å². The number of likely N-dealkylation sites (N-methyl/N-ethyl adjacent to an activating group) is 1. The highest BCUT2D eigenvalue weighted by molar-refractivity contribution is 9.10. The van der Waals surface area contributed by atoms with Gasteiger partial charge in [-0.3, -0.25) is 14.7 Å². The summed E-state index contributed by atoms with van der Waals surface area (Å²) >= 11 is 4.77. The van der Waals surface area contributed by atoms with Crippen LogP contribution < -0.4 is 0 Å². The molecule has 1 fully saturated rings. The molecule has 0 spiro atoms. The standard InChI is InChI=1S/C16H12BrN3OS/c1-20-15(21)14(9-11-4-6-12(17)7-5-11)22-16(20)19-13-3-2-8-18-10-13/h2-10H,1H3/b14-9-,19-16?. The van der Waals surface area contributed by atoms with Crippen LogP contribution in [0.5, 0.6) is 0 Å². The van der Waals surface area contributed by atoms with E-state index >= 15 is 0 Å². The van der Waals surface area contributed by atoms with E-state index in [-0.39, 0.29) is 5.91 Å². The van der Waals surface area contributed by atoms with E-state index < -0.39 is 0 Å². The molecule has 1 amide bonds. The molecule has 1 aromatic carbocycles. The number of hydrogen-bond donors (Lipinski definition) is 0. The van der Waals surface area contributed by atoms with Crippen molar-refractivity contribution in [1.29, 1.82) is 0 Å². The molecule has 1 aliphatic rings. The van der Waals surface area contributed by atoms with E-state index in [1.807, 2.05) is 42.5 Å². The van der Waals surface area contributed by atoms with Crippen molar-refractivity contribution in [2.45, 2.75) is 0 Å². The number of carbonyl (C=O) groups excluding carboxylic acids is 1. The summed E-state index contributed by atoms with van der Waals surface area (Å²) < 4.78 is 1.01. The molecule has 0 atom stereocenters. The van der Waals surface area contributed by atoms with Gasteiger partial charge in [0.2, 0.25) is 0 Å². The average Bonchev–Trinajstić information content (AvgIpc) is 2.79. The smallest absolute Gasteiger partial charge is 0.266 e. The van der Waals surface area contributed by atoms with Crippen LogP contribution in [0, 0.1) is 0 Å². The first kappa shape index (κ1) is 15.0. The number of nitrogens with zero attached hydrogens (tertiary/aromatic N) is 3. The van der Waals surface area contributed by atoms with Gasteiger partial charge in [-0.05, 0) is 47.7 Å². The lowest BCUT2D eigenvalue weighted by Crippen LogP contribution is -2.23. The zero-order chi connectivity index (χ0) is 15.5. The summed E-state index contributed by atoms with van der Waals surface area (Å²) in [6.45, 7) is 0. The summed E-state index contributed by atoms with van der Waals surface area (Å²) in [4.78, 5) is 23.0. The molecule has 6 heteroatoms. The van der Waals surface area contributed by atoms with Crippen molar-refractivity contribution < 1.29 is 4.79 Å². The number of pyridine rings is 1. The zero-order valence-corrected chi connectivity index (χ0v) is 14.1. The van der Waals surface area contributed by atoms with Crippen molar-refractivity contribution in [3.8, 4) is 0 Å². The largest absolute Gasteiger partial charge is 0.290 e. The topological polar surface area (TPSA) is 45.6 Å². The minimum atomic E-state index is -0.0458. The molecule has 0 bridgehead atoms. The maximum absolute atomic E-state index is 12.3. The molecule has 0 aliphatic carbocycles. The van der Waals surface area contributed by atoms with Crippen LogP contribution in [0.15, 0.2) is 63.2 Å². The van der Waals surface area contributed by atoms with Gasteiger partial charge in [0.1, 0.15) is 0 Å². The number of aromatic nitrogens is 1. The minimum Gasteiger partial charge on any atom is -0.290 e. The molecule has 110 valence electrons. The Morgan fingerprint density at radius 1 is 1.27 bits per heavy atom. The van der Waals surface area contributed by atoms with Gasteiger partial charge in [0.15, 0.2) is 5.17 Å². The first-order valence-corrected chi connectivity index (χ1v) is 8.16. The number of amides is 1. The normalized spacial score (nSPS) is 18.5. The molecule has 2 aromatic rings. The SMILES string of the molecule is CN1C(=O)/C(=C/c2ccc(Br)cc2)SC1=Nc1cccnc1. The lowest BCUT2D eigenvalue weighted by molar-refractivity contribution is -0.121. The van der Waals surface area contributed by atoms with Gasteiger partial charge >= 0.3 is 0 Å². The predicted molar refractivity (Wildman–Crippen MR) is 93.8 cm³/mol. The maximum atomic E-state index is 12.3. The highest BCUT2D eigenvalue weighted by atomic mass is 79.9. The van der Waals surface area contributed by atoms with Gasteiger partial charge < -0.3 is 0 Å². The third-order valence-corrected chi connectivity index (χ3v) is 4.63.